The number of hydrogen-bond donors (Lipinski definition) is 1. The normalized spacial score (nSPS) is 14.9. The standard InChI is InChI=1S/C14H15F3N2O/c15-14(16,17)13-8-12(3-2-10(13)9-20)19(7-1-6-18)11-4-5-11/h2-3,8,11,20H,1,4-5,7,9H2. The summed E-state index contributed by atoms with van der Waals surface area (Å²) in [7, 11) is 0. The summed E-state index contributed by atoms with van der Waals surface area (Å²) in [6, 6.07) is 6.20. The van der Waals surface area contributed by atoms with E-state index in [1.165, 1.54) is 6.07 Å². The van der Waals surface area contributed by atoms with Crippen LogP contribution in [-0.2, 0) is 12.8 Å². The van der Waals surface area contributed by atoms with Crippen molar-refractivity contribution in [1.29, 1.82) is 5.26 Å². The van der Waals surface area contributed by atoms with Gasteiger partial charge in [0.25, 0.3) is 0 Å². The highest BCUT2D eigenvalue weighted by Crippen LogP contribution is 2.37. The van der Waals surface area contributed by atoms with Crippen LogP contribution in [0.15, 0.2) is 18.2 Å². The topological polar surface area (TPSA) is 47.3 Å². The first-order valence-electron chi connectivity index (χ1n) is 6.42. The van der Waals surface area contributed by atoms with Gasteiger partial charge in [0.05, 0.1) is 24.7 Å². The Morgan fingerprint density at radius 3 is 2.55 bits per heavy atom. The molecule has 2 rings (SSSR count). The Labute approximate surface area is 115 Å². The summed E-state index contributed by atoms with van der Waals surface area (Å²) >= 11 is 0. The average molecular weight is 284 g/mol. The quantitative estimate of drug-likeness (QED) is 0.904. The fourth-order valence-corrected chi connectivity index (χ4v) is 2.22. The fourth-order valence-electron chi connectivity index (χ4n) is 2.22. The monoisotopic (exact) mass is 284 g/mol. The van der Waals surface area contributed by atoms with Crippen molar-refractivity contribution in [2.75, 3.05) is 11.4 Å². The highest BCUT2D eigenvalue weighted by molar-refractivity contribution is 5.53. The van der Waals surface area contributed by atoms with E-state index in [2.05, 4.69) is 0 Å². The highest BCUT2D eigenvalue weighted by Gasteiger charge is 2.35. The van der Waals surface area contributed by atoms with Crippen LogP contribution in [0, 0.1) is 11.3 Å². The molecule has 1 aromatic rings. The predicted octanol–water partition coefficient (Wildman–Crippen LogP) is 3.08. The third-order valence-electron chi connectivity index (χ3n) is 3.35. The molecule has 0 saturated heterocycles. The van der Waals surface area contributed by atoms with Crippen molar-refractivity contribution < 1.29 is 18.3 Å². The van der Waals surface area contributed by atoms with Crippen molar-refractivity contribution in [3.8, 4) is 6.07 Å². The van der Waals surface area contributed by atoms with Gasteiger partial charge in [-0.15, -0.1) is 0 Å². The van der Waals surface area contributed by atoms with Crippen molar-refractivity contribution in [2.24, 2.45) is 0 Å². The molecule has 1 aromatic carbocycles. The molecule has 3 nitrogen and oxygen atoms in total. The summed E-state index contributed by atoms with van der Waals surface area (Å²) in [6.07, 6.45) is -2.33. The minimum absolute atomic E-state index is 0.128. The van der Waals surface area contributed by atoms with Gasteiger partial charge < -0.3 is 10.0 Å². The van der Waals surface area contributed by atoms with Gasteiger partial charge in [0, 0.05) is 18.3 Å². The molecular weight excluding hydrogens is 269 g/mol. The lowest BCUT2D eigenvalue weighted by Crippen LogP contribution is -2.27. The molecule has 108 valence electrons. The van der Waals surface area contributed by atoms with E-state index in [1.807, 2.05) is 11.0 Å². The number of aliphatic hydroxyl groups excluding tert-OH is 1. The van der Waals surface area contributed by atoms with Crippen LogP contribution in [0.4, 0.5) is 18.9 Å². The van der Waals surface area contributed by atoms with Crippen LogP contribution in [-0.4, -0.2) is 17.7 Å². The number of anilines is 1. The first kappa shape index (κ1) is 14.7. The van der Waals surface area contributed by atoms with Gasteiger partial charge in [-0.25, -0.2) is 0 Å². The maximum Gasteiger partial charge on any atom is 0.416 e. The van der Waals surface area contributed by atoms with Crippen LogP contribution in [0.5, 0.6) is 0 Å². The first-order chi connectivity index (χ1) is 9.47. The Hall–Kier alpha value is -1.74. The number of nitriles is 1. The fraction of sp³-hybridized carbons (Fsp3) is 0.500. The summed E-state index contributed by atoms with van der Waals surface area (Å²) in [5.41, 5.74) is -0.468. The lowest BCUT2D eigenvalue weighted by atomic mass is 10.1. The largest absolute Gasteiger partial charge is 0.416 e. The van der Waals surface area contributed by atoms with Crippen LogP contribution in [0.3, 0.4) is 0 Å². The van der Waals surface area contributed by atoms with Crippen molar-refractivity contribution in [2.45, 2.75) is 38.1 Å². The Morgan fingerprint density at radius 1 is 1.35 bits per heavy atom. The molecule has 1 aliphatic carbocycles. The molecule has 0 aromatic heterocycles. The molecule has 0 spiro atoms. The zero-order chi connectivity index (χ0) is 14.8. The Bertz CT molecular complexity index is 518. The van der Waals surface area contributed by atoms with Crippen LogP contribution in [0.2, 0.25) is 0 Å². The molecule has 0 radical (unpaired) electrons. The summed E-state index contributed by atoms with van der Waals surface area (Å²) in [5, 5.41) is 17.7. The number of hydrogen-bond acceptors (Lipinski definition) is 3. The van der Waals surface area contributed by atoms with E-state index in [4.69, 9.17) is 10.4 Å². The molecule has 0 aliphatic heterocycles. The van der Waals surface area contributed by atoms with E-state index in [0.29, 0.717) is 12.2 Å². The molecule has 1 aliphatic rings. The second-order valence-corrected chi connectivity index (χ2v) is 4.83. The molecule has 0 heterocycles. The summed E-state index contributed by atoms with van der Waals surface area (Å²) in [5.74, 6) is 0. The zero-order valence-electron chi connectivity index (χ0n) is 10.8. The van der Waals surface area contributed by atoms with Gasteiger partial charge in [-0.3, -0.25) is 0 Å². The molecule has 1 N–H and O–H groups in total. The summed E-state index contributed by atoms with van der Waals surface area (Å²) < 4.78 is 38.9. The Kier molecular flexibility index (Phi) is 4.19. The van der Waals surface area contributed by atoms with E-state index in [0.717, 1.165) is 18.9 Å². The second kappa shape index (κ2) is 5.71. The minimum atomic E-state index is -4.49. The van der Waals surface area contributed by atoms with Crippen molar-refractivity contribution >= 4 is 5.69 Å². The van der Waals surface area contributed by atoms with Crippen LogP contribution < -0.4 is 4.90 Å². The lowest BCUT2D eigenvalue weighted by Gasteiger charge is -2.25. The molecular formula is C14H15F3N2O. The number of benzene rings is 1. The minimum Gasteiger partial charge on any atom is -0.392 e. The van der Waals surface area contributed by atoms with E-state index in [1.54, 1.807) is 6.07 Å². The van der Waals surface area contributed by atoms with Crippen LogP contribution >= 0.6 is 0 Å². The van der Waals surface area contributed by atoms with Crippen molar-refractivity contribution in [3.63, 3.8) is 0 Å². The molecule has 6 heteroatoms. The smallest absolute Gasteiger partial charge is 0.392 e. The molecule has 20 heavy (non-hydrogen) atoms. The zero-order valence-corrected chi connectivity index (χ0v) is 10.8. The van der Waals surface area contributed by atoms with Gasteiger partial charge in [-0.1, -0.05) is 6.07 Å². The highest BCUT2D eigenvalue weighted by atomic mass is 19.4. The van der Waals surface area contributed by atoms with E-state index >= 15 is 0 Å². The van der Waals surface area contributed by atoms with Gasteiger partial charge in [-0.2, -0.15) is 18.4 Å². The third-order valence-corrected chi connectivity index (χ3v) is 3.35. The lowest BCUT2D eigenvalue weighted by molar-refractivity contribution is -0.138. The SMILES string of the molecule is N#CCCN(c1ccc(CO)c(C(F)(F)F)c1)C1CC1. The number of alkyl halides is 3. The molecule has 0 atom stereocenters. The summed E-state index contributed by atoms with van der Waals surface area (Å²) in [6.45, 7) is -0.215. The Balaban J connectivity index is 2.33. The number of halogens is 3. The molecule has 0 bridgehead atoms. The second-order valence-electron chi connectivity index (χ2n) is 4.83. The van der Waals surface area contributed by atoms with Gasteiger partial charge in [0.2, 0.25) is 0 Å². The van der Waals surface area contributed by atoms with Gasteiger partial charge >= 0.3 is 6.18 Å². The number of nitrogens with zero attached hydrogens (tertiary/aromatic N) is 2. The summed E-state index contributed by atoms with van der Waals surface area (Å²) in [4.78, 5) is 1.85. The van der Waals surface area contributed by atoms with E-state index in [9.17, 15) is 13.2 Å². The Morgan fingerprint density at radius 2 is 2.05 bits per heavy atom. The first-order valence-corrected chi connectivity index (χ1v) is 6.42. The third kappa shape index (κ3) is 3.23. The van der Waals surface area contributed by atoms with E-state index in [-0.39, 0.29) is 18.0 Å². The van der Waals surface area contributed by atoms with Crippen LogP contribution in [0.1, 0.15) is 30.4 Å². The number of rotatable bonds is 5. The molecule has 1 saturated carbocycles. The van der Waals surface area contributed by atoms with Crippen LogP contribution in [0.25, 0.3) is 0 Å². The van der Waals surface area contributed by atoms with Crippen molar-refractivity contribution in [1.82, 2.24) is 0 Å². The average Bonchev–Trinajstić information content (AvgIpc) is 3.22. The molecule has 1 fully saturated rings. The predicted molar refractivity (Wildman–Crippen MR) is 68.0 cm³/mol. The maximum atomic E-state index is 13.0. The van der Waals surface area contributed by atoms with Gasteiger partial charge in [0.1, 0.15) is 0 Å². The van der Waals surface area contributed by atoms with Crippen molar-refractivity contribution in [3.05, 3.63) is 29.3 Å². The number of aliphatic hydroxyl groups is 1. The van der Waals surface area contributed by atoms with E-state index < -0.39 is 18.3 Å². The molecule has 0 amide bonds. The van der Waals surface area contributed by atoms with Gasteiger partial charge in [0.15, 0.2) is 0 Å². The van der Waals surface area contributed by atoms with Gasteiger partial charge in [-0.05, 0) is 30.5 Å². The molecule has 0 unspecified atom stereocenters. The maximum absolute atomic E-state index is 13.0.